The lowest BCUT2D eigenvalue weighted by Gasteiger charge is -2.41. The molecule has 1 aliphatic heterocycles. The van der Waals surface area contributed by atoms with Crippen LogP contribution < -0.4 is 16.2 Å². The van der Waals surface area contributed by atoms with Gasteiger partial charge in [0.25, 0.3) is 0 Å². The van der Waals surface area contributed by atoms with Crippen LogP contribution in [0.15, 0.2) is 162 Å². The first-order chi connectivity index (χ1) is 35.5. The van der Waals surface area contributed by atoms with E-state index in [1.807, 2.05) is 11.3 Å². The van der Waals surface area contributed by atoms with Crippen molar-refractivity contribution in [1.29, 1.82) is 0 Å². The summed E-state index contributed by atoms with van der Waals surface area (Å²) in [4.78, 5) is 0. The second-order valence-electron chi connectivity index (χ2n) is 24.8. The third-order valence-electron chi connectivity index (χ3n) is 18.0. The number of hydrogen-bond acceptors (Lipinski definition) is 3. The molecule has 3 aromatic heterocycles. The van der Waals surface area contributed by atoms with E-state index in [1.165, 1.54) is 127 Å². The summed E-state index contributed by atoms with van der Waals surface area (Å²) in [7, 11) is 0.759. The van der Waals surface area contributed by atoms with Crippen molar-refractivity contribution in [3.63, 3.8) is 0 Å². The summed E-state index contributed by atoms with van der Waals surface area (Å²) in [6.45, 7) is 21.6. The topological polar surface area (TPSA) is 30.1 Å². The van der Waals surface area contributed by atoms with E-state index in [-0.39, 0.29) is 21.7 Å². The molecule has 0 unspecified atom stereocenters. The molecule has 3 aliphatic rings. The monoisotopic (exact) mass is 974 g/mol. The van der Waals surface area contributed by atoms with Crippen LogP contribution in [0.1, 0.15) is 103 Å². The van der Waals surface area contributed by atoms with Crippen LogP contribution in [-0.2, 0) is 21.7 Å². The molecule has 0 saturated carbocycles. The van der Waals surface area contributed by atoms with Crippen molar-refractivity contribution in [1.82, 2.24) is 4.57 Å². The van der Waals surface area contributed by atoms with Gasteiger partial charge in [0.05, 0.1) is 11.0 Å². The number of aromatic nitrogens is 1. The number of rotatable bonds is 4. The minimum atomic E-state index is -0.139. The average molecular weight is 975 g/mol. The standard InChI is InChI=1S/C69H59BN2OS/c1-66(2,3)40-26-27-55-48(31-40)60-61-43-23-14-16-25-57(43)73-65(61)62(63-64(60)72(55)56-35-50-44(34-53(56)70-63)42-22-13-15-24-49(42)69(50,8)9)47-32-45-46-33-51-52(68(6,7)29-28-67(51,4)5)36-58(46)74-59(45)37-54(47)71-41-21-17-20-39(30-41)38-18-11-10-12-19-38/h10-27,30-37,70-71H,28-29H2,1-9H3. The van der Waals surface area contributed by atoms with E-state index in [0.717, 1.165) is 46.3 Å². The maximum Gasteiger partial charge on any atom is 0.198 e. The molecule has 0 saturated heterocycles. The van der Waals surface area contributed by atoms with Gasteiger partial charge in [-0.05, 0) is 145 Å². The van der Waals surface area contributed by atoms with Crippen LogP contribution in [0.25, 0.3) is 103 Å². The summed E-state index contributed by atoms with van der Waals surface area (Å²) in [5.74, 6) is 0. The van der Waals surface area contributed by atoms with Crippen molar-refractivity contribution < 1.29 is 4.42 Å². The molecule has 0 atom stereocenters. The zero-order valence-corrected chi connectivity index (χ0v) is 44.7. The van der Waals surface area contributed by atoms with E-state index in [1.54, 1.807) is 0 Å². The highest BCUT2D eigenvalue weighted by Gasteiger charge is 2.40. The van der Waals surface area contributed by atoms with E-state index >= 15 is 0 Å². The number of thiophene rings is 1. The second kappa shape index (κ2) is 14.9. The maximum atomic E-state index is 7.46. The third-order valence-corrected chi connectivity index (χ3v) is 19.1. The first-order valence-electron chi connectivity index (χ1n) is 26.7. The summed E-state index contributed by atoms with van der Waals surface area (Å²) in [5, 5.41) is 11.6. The predicted octanol–water partition coefficient (Wildman–Crippen LogP) is 17.8. The van der Waals surface area contributed by atoms with Crippen molar-refractivity contribution in [2.24, 2.45) is 0 Å². The molecule has 5 heteroatoms. The van der Waals surface area contributed by atoms with Crippen molar-refractivity contribution in [2.75, 3.05) is 5.32 Å². The van der Waals surface area contributed by atoms with E-state index in [0.29, 0.717) is 0 Å². The molecule has 0 fully saturated rings. The maximum absolute atomic E-state index is 7.46. The van der Waals surface area contributed by atoms with Crippen LogP contribution in [0.2, 0.25) is 0 Å². The molecule has 360 valence electrons. The molecular weight excluding hydrogens is 916 g/mol. The van der Waals surface area contributed by atoms with Gasteiger partial charge < -0.3 is 14.3 Å². The zero-order valence-electron chi connectivity index (χ0n) is 43.9. The molecule has 3 nitrogen and oxygen atoms in total. The van der Waals surface area contributed by atoms with Crippen LogP contribution >= 0.6 is 11.3 Å². The first-order valence-corrected chi connectivity index (χ1v) is 27.6. The molecule has 15 rings (SSSR count). The highest BCUT2D eigenvalue weighted by molar-refractivity contribution is 7.25. The number of anilines is 2. The largest absolute Gasteiger partial charge is 0.455 e. The lowest BCUT2D eigenvalue weighted by atomic mass is 9.58. The molecule has 74 heavy (non-hydrogen) atoms. The highest BCUT2D eigenvalue weighted by atomic mass is 32.1. The predicted molar refractivity (Wildman–Crippen MR) is 320 cm³/mol. The number of para-hydroxylation sites is 1. The quantitative estimate of drug-likeness (QED) is 0.178. The molecule has 0 radical (unpaired) electrons. The molecule has 12 aromatic rings. The summed E-state index contributed by atoms with van der Waals surface area (Å²) in [5.41, 5.74) is 24.9. The van der Waals surface area contributed by atoms with E-state index in [2.05, 4.69) is 230 Å². The minimum absolute atomic E-state index is 0.0427. The van der Waals surface area contributed by atoms with Crippen molar-refractivity contribution in [3.8, 4) is 39.1 Å². The van der Waals surface area contributed by atoms with E-state index < -0.39 is 0 Å². The molecule has 4 heterocycles. The van der Waals surface area contributed by atoms with Crippen LogP contribution in [0.5, 0.6) is 0 Å². The Hall–Kier alpha value is -7.34. The molecule has 0 bridgehead atoms. The molecule has 0 amide bonds. The summed E-state index contributed by atoms with van der Waals surface area (Å²) < 4.78 is 12.7. The number of nitrogens with zero attached hydrogens (tertiary/aromatic N) is 1. The zero-order chi connectivity index (χ0) is 50.4. The van der Waals surface area contributed by atoms with Gasteiger partial charge in [-0.1, -0.05) is 165 Å². The van der Waals surface area contributed by atoms with E-state index in [9.17, 15) is 0 Å². The third kappa shape index (κ3) is 6.14. The molecule has 9 aromatic carbocycles. The van der Waals surface area contributed by atoms with Gasteiger partial charge in [-0.3, -0.25) is 0 Å². The van der Waals surface area contributed by atoms with Crippen LogP contribution in [-0.4, -0.2) is 11.8 Å². The highest BCUT2D eigenvalue weighted by Crippen LogP contribution is 2.54. The van der Waals surface area contributed by atoms with Gasteiger partial charge in [-0.25, -0.2) is 0 Å². The summed E-state index contributed by atoms with van der Waals surface area (Å²) in [6.07, 6.45) is 2.36. The van der Waals surface area contributed by atoms with Crippen LogP contribution in [0, 0.1) is 0 Å². The average Bonchev–Trinajstić information content (AvgIpc) is 4.19. The Kier molecular flexibility index (Phi) is 8.91. The van der Waals surface area contributed by atoms with Gasteiger partial charge in [-0.15, -0.1) is 11.3 Å². The first kappa shape index (κ1) is 44.2. The lowest BCUT2D eigenvalue weighted by molar-refractivity contribution is 0.332. The SMILES string of the molecule is CC(C)(C)c1ccc2c(c1)c1c3c(oc4ccccc43)c(-c3cc4c(cc3Nc3cccc(-c5ccccc5)c3)sc3cc5c(cc34)C(C)(C)CCC5(C)C)c3c1n2-c1cc2c(cc1B3)-c1ccccc1C2(C)C. The lowest BCUT2D eigenvalue weighted by Crippen LogP contribution is -2.38. The molecule has 1 N–H and O–H groups in total. The van der Waals surface area contributed by atoms with Crippen molar-refractivity contribution in [3.05, 3.63) is 186 Å². The Morgan fingerprint density at radius 2 is 1.28 bits per heavy atom. The van der Waals surface area contributed by atoms with Gasteiger partial charge >= 0.3 is 0 Å². The number of benzene rings is 9. The van der Waals surface area contributed by atoms with Crippen LogP contribution in [0.4, 0.5) is 11.4 Å². The van der Waals surface area contributed by atoms with Crippen molar-refractivity contribution in [2.45, 2.75) is 96.8 Å². The summed E-state index contributed by atoms with van der Waals surface area (Å²) in [6, 6.07) is 60.0. The van der Waals surface area contributed by atoms with Gasteiger partial charge in [0.15, 0.2) is 7.28 Å². The summed E-state index contributed by atoms with van der Waals surface area (Å²) >= 11 is 1.93. The Morgan fingerprint density at radius 1 is 0.568 bits per heavy atom. The fourth-order valence-corrected chi connectivity index (χ4v) is 15.0. The Balaban J connectivity index is 1.09. The number of hydrogen-bond donors (Lipinski definition) is 1. The second-order valence-corrected chi connectivity index (χ2v) is 25.9. The molecule has 2 aliphatic carbocycles. The van der Waals surface area contributed by atoms with Gasteiger partial charge in [0, 0.05) is 75.3 Å². The minimum Gasteiger partial charge on any atom is -0.455 e. The molecule has 0 spiro atoms. The Morgan fingerprint density at radius 3 is 2.09 bits per heavy atom. The fraction of sp³-hybridized carbons (Fsp3) is 0.217. The normalized spacial score (nSPS) is 16.0. The number of fused-ring (bicyclic) bond motifs is 16. The van der Waals surface area contributed by atoms with E-state index in [4.69, 9.17) is 4.42 Å². The Labute approximate surface area is 438 Å². The van der Waals surface area contributed by atoms with Gasteiger partial charge in [0.2, 0.25) is 0 Å². The number of nitrogens with one attached hydrogen (secondary N) is 1. The Bertz CT molecular complexity index is 4440. The van der Waals surface area contributed by atoms with Gasteiger partial charge in [-0.2, -0.15) is 0 Å². The fourth-order valence-electron chi connectivity index (χ4n) is 13.8. The van der Waals surface area contributed by atoms with Crippen molar-refractivity contribution >= 4 is 105 Å². The smallest absolute Gasteiger partial charge is 0.198 e. The van der Waals surface area contributed by atoms with Gasteiger partial charge in [0.1, 0.15) is 11.2 Å². The number of furan rings is 1. The van der Waals surface area contributed by atoms with Crippen LogP contribution in [0.3, 0.4) is 0 Å². The molecular formula is C69H59BN2OS.